The number of nitrogens with one attached hydrogen (secondary N) is 1. The fourth-order valence-electron chi connectivity index (χ4n) is 2.07. The first-order valence-electron chi connectivity index (χ1n) is 7.71. The molecule has 2 rings (SSSR count). The van der Waals surface area contributed by atoms with E-state index in [1.54, 1.807) is 23.1 Å². The summed E-state index contributed by atoms with van der Waals surface area (Å²) in [6.45, 7) is 4.64. The molecule has 0 spiro atoms. The topological polar surface area (TPSA) is 75.4 Å². The molecule has 0 radical (unpaired) electrons. The Kier molecular flexibility index (Phi) is 6.54. The fourth-order valence-corrected chi connectivity index (χ4v) is 2.34. The van der Waals surface area contributed by atoms with Gasteiger partial charge in [-0.15, -0.1) is 0 Å². The van der Waals surface area contributed by atoms with Crippen LogP contribution in [0.3, 0.4) is 0 Å². The molecule has 0 unspecified atom stereocenters. The lowest BCUT2D eigenvalue weighted by Crippen LogP contribution is -2.39. The second-order valence-electron chi connectivity index (χ2n) is 5.85. The summed E-state index contributed by atoms with van der Waals surface area (Å²) in [5.74, 6) is 0.292. The van der Waals surface area contributed by atoms with Crippen molar-refractivity contribution in [1.29, 1.82) is 0 Å². The summed E-state index contributed by atoms with van der Waals surface area (Å²) in [4.78, 5) is 26.4. The van der Waals surface area contributed by atoms with Crippen LogP contribution in [0.4, 0.5) is 5.82 Å². The largest absolute Gasteiger partial charge is 0.363 e. The predicted molar refractivity (Wildman–Crippen MR) is 94.6 cm³/mol. The monoisotopic (exact) mass is 393 g/mol. The van der Waals surface area contributed by atoms with Crippen LogP contribution in [0.15, 0.2) is 45.6 Å². The van der Waals surface area contributed by atoms with Crippen molar-refractivity contribution in [3.63, 3.8) is 0 Å². The van der Waals surface area contributed by atoms with E-state index in [0.717, 1.165) is 10.9 Å². The number of hydrogen-bond donors (Lipinski definition) is 1. The maximum atomic E-state index is 12.7. The van der Waals surface area contributed by atoms with Crippen molar-refractivity contribution in [1.82, 2.24) is 10.1 Å². The van der Waals surface area contributed by atoms with Gasteiger partial charge in [0, 0.05) is 22.6 Å². The molecule has 6 nitrogen and oxygen atoms in total. The van der Waals surface area contributed by atoms with E-state index in [1.807, 2.05) is 12.1 Å². The third-order valence-electron chi connectivity index (χ3n) is 3.39. The Labute approximate surface area is 149 Å². The molecule has 24 heavy (non-hydrogen) atoms. The summed E-state index contributed by atoms with van der Waals surface area (Å²) < 4.78 is 5.58. The van der Waals surface area contributed by atoms with Crippen LogP contribution in [-0.4, -0.2) is 35.0 Å². The van der Waals surface area contributed by atoms with Gasteiger partial charge in [-0.3, -0.25) is 9.59 Å². The molecule has 0 aliphatic heterocycles. The quantitative estimate of drug-likeness (QED) is 0.779. The van der Waals surface area contributed by atoms with Gasteiger partial charge in [0.25, 0.3) is 5.91 Å². The highest BCUT2D eigenvalue weighted by Crippen LogP contribution is 2.14. The van der Waals surface area contributed by atoms with Gasteiger partial charge in [0.15, 0.2) is 5.82 Å². The Morgan fingerprint density at radius 2 is 1.96 bits per heavy atom. The molecule has 0 bridgehead atoms. The lowest BCUT2D eigenvalue weighted by atomic mass is 10.1. The summed E-state index contributed by atoms with van der Waals surface area (Å²) >= 11 is 3.35. The Morgan fingerprint density at radius 3 is 2.54 bits per heavy atom. The summed E-state index contributed by atoms with van der Waals surface area (Å²) in [6, 6.07) is 8.65. The van der Waals surface area contributed by atoms with E-state index in [1.165, 1.54) is 6.26 Å². The van der Waals surface area contributed by atoms with Gasteiger partial charge in [-0.1, -0.05) is 34.9 Å². The number of amides is 2. The lowest BCUT2D eigenvalue weighted by molar-refractivity contribution is -0.117. The number of halogens is 1. The van der Waals surface area contributed by atoms with Gasteiger partial charge >= 0.3 is 0 Å². The molecule has 0 fully saturated rings. The molecule has 2 aromatic rings. The number of rotatable bonds is 7. The van der Waals surface area contributed by atoms with Crippen molar-refractivity contribution < 1.29 is 14.1 Å². The highest BCUT2D eigenvalue weighted by atomic mass is 79.9. The van der Waals surface area contributed by atoms with E-state index in [-0.39, 0.29) is 18.4 Å². The number of carbonyl (C=O) groups excluding carboxylic acids is 2. The molecule has 2 amide bonds. The van der Waals surface area contributed by atoms with Crippen LogP contribution < -0.4 is 5.32 Å². The SMILES string of the molecule is CC(C)CCN(CC(=O)Nc1ccon1)C(=O)c1ccc(Br)cc1. The molecule has 0 aliphatic rings. The van der Waals surface area contributed by atoms with Crippen molar-refractivity contribution in [3.05, 3.63) is 46.6 Å². The molecular weight excluding hydrogens is 374 g/mol. The Bertz CT molecular complexity index is 669. The van der Waals surface area contributed by atoms with Crippen molar-refractivity contribution >= 4 is 33.6 Å². The van der Waals surface area contributed by atoms with Crippen LogP contribution >= 0.6 is 15.9 Å². The predicted octanol–water partition coefficient (Wildman–Crippen LogP) is 3.56. The molecule has 7 heteroatoms. The molecule has 0 saturated carbocycles. The number of benzene rings is 1. The third kappa shape index (κ3) is 5.49. The first-order chi connectivity index (χ1) is 11.5. The van der Waals surface area contributed by atoms with Crippen LogP contribution in [0.25, 0.3) is 0 Å². The van der Waals surface area contributed by atoms with E-state index in [0.29, 0.717) is 23.8 Å². The normalized spacial score (nSPS) is 10.7. The highest BCUT2D eigenvalue weighted by molar-refractivity contribution is 9.10. The zero-order valence-electron chi connectivity index (χ0n) is 13.7. The number of nitrogens with zero attached hydrogens (tertiary/aromatic N) is 2. The van der Waals surface area contributed by atoms with Crippen molar-refractivity contribution in [2.75, 3.05) is 18.4 Å². The van der Waals surface area contributed by atoms with E-state index >= 15 is 0 Å². The minimum absolute atomic E-state index is 0.0333. The second-order valence-corrected chi connectivity index (χ2v) is 6.76. The zero-order valence-corrected chi connectivity index (χ0v) is 15.2. The van der Waals surface area contributed by atoms with Gasteiger partial charge in [0.1, 0.15) is 12.8 Å². The number of aromatic nitrogens is 1. The van der Waals surface area contributed by atoms with Crippen LogP contribution in [-0.2, 0) is 4.79 Å². The van der Waals surface area contributed by atoms with E-state index in [9.17, 15) is 9.59 Å². The second kappa shape index (κ2) is 8.63. The maximum Gasteiger partial charge on any atom is 0.254 e. The number of hydrogen-bond acceptors (Lipinski definition) is 4. The van der Waals surface area contributed by atoms with Crippen molar-refractivity contribution in [3.8, 4) is 0 Å². The molecule has 128 valence electrons. The summed E-state index contributed by atoms with van der Waals surface area (Å²) in [5.41, 5.74) is 0.552. The standard InChI is InChI=1S/C17H20BrN3O3/c1-12(2)7-9-21(11-16(22)19-15-8-10-24-20-15)17(23)13-3-5-14(18)6-4-13/h3-6,8,10,12H,7,9,11H2,1-2H3,(H,19,20,22). The Balaban J connectivity index is 2.06. The average molecular weight is 394 g/mol. The average Bonchev–Trinajstić information content (AvgIpc) is 3.04. The Hall–Kier alpha value is -2.15. The van der Waals surface area contributed by atoms with Gasteiger partial charge in [0.2, 0.25) is 5.91 Å². The first-order valence-corrected chi connectivity index (χ1v) is 8.50. The highest BCUT2D eigenvalue weighted by Gasteiger charge is 2.19. The van der Waals surface area contributed by atoms with Crippen LogP contribution in [0.2, 0.25) is 0 Å². The van der Waals surface area contributed by atoms with E-state index in [2.05, 4.69) is 44.8 Å². The summed E-state index contributed by atoms with van der Waals surface area (Å²) in [6.07, 6.45) is 2.19. The van der Waals surface area contributed by atoms with Gasteiger partial charge in [-0.25, -0.2) is 0 Å². The molecule has 0 aliphatic carbocycles. The minimum Gasteiger partial charge on any atom is -0.363 e. The zero-order chi connectivity index (χ0) is 17.5. The van der Waals surface area contributed by atoms with Crippen LogP contribution in [0.1, 0.15) is 30.6 Å². The van der Waals surface area contributed by atoms with Gasteiger partial charge in [-0.05, 0) is 36.6 Å². The Morgan fingerprint density at radius 1 is 1.25 bits per heavy atom. The first kappa shape index (κ1) is 18.2. The van der Waals surface area contributed by atoms with E-state index in [4.69, 9.17) is 0 Å². The molecular formula is C17H20BrN3O3. The molecule has 0 atom stereocenters. The molecule has 1 aromatic carbocycles. The minimum atomic E-state index is -0.307. The fraction of sp³-hybridized carbons (Fsp3) is 0.353. The summed E-state index contributed by atoms with van der Waals surface area (Å²) in [7, 11) is 0. The molecule has 0 saturated heterocycles. The lowest BCUT2D eigenvalue weighted by Gasteiger charge is -2.23. The molecule has 1 heterocycles. The third-order valence-corrected chi connectivity index (χ3v) is 3.92. The van der Waals surface area contributed by atoms with Gasteiger partial charge in [-0.2, -0.15) is 0 Å². The van der Waals surface area contributed by atoms with Crippen molar-refractivity contribution in [2.45, 2.75) is 20.3 Å². The van der Waals surface area contributed by atoms with Crippen LogP contribution in [0, 0.1) is 5.92 Å². The maximum absolute atomic E-state index is 12.7. The number of anilines is 1. The summed E-state index contributed by atoms with van der Waals surface area (Å²) in [5, 5.41) is 6.25. The van der Waals surface area contributed by atoms with Gasteiger partial charge in [0.05, 0.1) is 0 Å². The van der Waals surface area contributed by atoms with Crippen molar-refractivity contribution in [2.24, 2.45) is 5.92 Å². The smallest absolute Gasteiger partial charge is 0.254 e. The number of carbonyl (C=O) groups is 2. The van der Waals surface area contributed by atoms with Crippen LogP contribution in [0.5, 0.6) is 0 Å². The molecule has 1 N–H and O–H groups in total. The van der Waals surface area contributed by atoms with Gasteiger partial charge < -0.3 is 14.7 Å². The van der Waals surface area contributed by atoms with E-state index < -0.39 is 0 Å². The molecule has 1 aromatic heterocycles.